The maximum absolute atomic E-state index is 12.6. The highest BCUT2D eigenvalue weighted by molar-refractivity contribution is 7.92. The van der Waals surface area contributed by atoms with Gasteiger partial charge in [-0.25, -0.2) is 18.4 Å². The predicted octanol–water partition coefficient (Wildman–Crippen LogP) is 5.00. The fraction of sp³-hybridized carbons (Fsp3) is 0.0435. The van der Waals surface area contributed by atoms with Crippen molar-refractivity contribution in [2.75, 3.05) is 10.0 Å². The van der Waals surface area contributed by atoms with Crippen LogP contribution in [0, 0.1) is 6.92 Å². The molecule has 7 heteroatoms. The minimum absolute atomic E-state index is 0.210. The molecule has 2 N–H and O–H groups in total. The van der Waals surface area contributed by atoms with E-state index in [2.05, 4.69) is 20.0 Å². The van der Waals surface area contributed by atoms with E-state index in [1.807, 2.05) is 49.4 Å². The molecule has 6 nitrogen and oxygen atoms in total. The fourth-order valence-corrected chi connectivity index (χ4v) is 4.08. The summed E-state index contributed by atoms with van der Waals surface area (Å²) in [6.07, 6.45) is 0. The quantitative estimate of drug-likeness (QED) is 0.462. The number of sulfonamides is 1. The molecule has 0 radical (unpaired) electrons. The highest BCUT2D eigenvalue weighted by Gasteiger charge is 2.13. The van der Waals surface area contributed by atoms with Crippen LogP contribution in [0.5, 0.6) is 0 Å². The highest BCUT2D eigenvalue weighted by atomic mass is 32.2. The van der Waals surface area contributed by atoms with E-state index >= 15 is 0 Å². The molecule has 0 spiro atoms. The van der Waals surface area contributed by atoms with Gasteiger partial charge in [-0.3, -0.25) is 4.72 Å². The van der Waals surface area contributed by atoms with Crippen molar-refractivity contribution in [2.45, 2.75) is 11.8 Å². The zero-order chi connectivity index (χ0) is 21.0. The molecule has 4 aromatic rings. The second kappa shape index (κ2) is 8.34. The molecule has 0 saturated heterocycles. The van der Waals surface area contributed by atoms with Crippen LogP contribution in [0.2, 0.25) is 0 Å². The first kappa shape index (κ1) is 19.6. The third-order valence-electron chi connectivity index (χ3n) is 4.35. The first-order chi connectivity index (χ1) is 14.5. The Morgan fingerprint density at radius 3 is 2.13 bits per heavy atom. The minimum Gasteiger partial charge on any atom is -0.340 e. The normalized spacial score (nSPS) is 11.1. The van der Waals surface area contributed by atoms with Crippen LogP contribution in [0.25, 0.3) is 11.3 Å². The number of rotatable bonds is 6. The summed E-state index contributed by atoms with van der Waals surface area (Å²) < 4.78 is 27.7. The summed E-state index contributed by atoms with van der Waals surface area (Å²) in [5.74, 6) is 1.27. The molecule has 1 heterocycles. The SMILES string of the molecule is Cc1nc(Nc2cccc(NS(=O)(=O)c3ccccc3)c2)cc(-c2ccccc2)n1. The van der Waals surface area contributed by atoms with Crippen LogP contribution in [-0.2, 0) is 10.0 Å². The van der Waals surface area contributed by atoms with Gasteiger partial charge in [0.15, 0.2) is 0 Å². The van der Waals surface area contributed by atoms with Crippen LogP contribution in [0.1, 0.15) is 5.82 Å². The van der Waals surface area contributed by atoms with Crippen molar-refractivity contribution in [2.24, 2.45) is 0 Å². The van der Waals surface area contributed by atoms with E-state index < -0.39 is 10.0 Å². The van der Waals surface area contributed by atoms with Gasteiger partial charge >= 0.3 is 0 Å². The average molecular weight is 417 g/mol. The van der Waals surface area contributed by atoms with Gasteiger partial charge in [0.1, 0.15) is 11.6 Å². The van der Waals surface area contributed by atoms with Gasteiger partial charge in [0, 0.05) is 17.3 Å². The number of hydrogen-bond acceptors (Lipinski definition) is 5. The third kappa shape index (κ3) is 4.64. The van der Waals surface area contributed by atoms with E-state index in [-0.39, 0.29) is 4.90 Å². The summed E-state index contributed by atoms with van der Waals surface area (Å²) in [6, 6.07) is 27.0. The maximum Gasteiger partial charge on any atom is 0.261 e. The zero-order valence-corrected chi connectivity index (χ0v) is 17.1. The standard InChI is InChI=1S/C23H20N4O2S/c1-17-24-22(18-9-4-2-5-10-18)16-23(25-17)26-19-11-8-12-20(15-19)27-30(28,29)21-13-6-3-7-14-21/h2-16,27H,1H3,(H,24,25,26). The van der Waals surface area contributed by atoms with E-state index in [1.54, 1.807) is 48.5 Å². The minimum atomic E-state index is -3.66. The molecule has 150 valence electrons. The van der Waals surface area contributed by atoms with Crippen molar-refractivity contribution in [3.63, 3.8) is 0 Å². The lowest BCUT2D eigenvalue weighted by atomic mass is 10.1. The van der Waals surface area contributed by atoms with E-state index in [4.69, 9.17) is 0 Å². The largest absolute Gasteiger partial charge is 0.340 e. The Bertz CT molecular complexity index is 1260. The van der Waals surface area contributed by atoms with E-state index in [1.165, 1.54) is 0 Å². The summed E-state index contributed by atoms with van der Waals surface area (Å²) >= 11 is 0. The third-order valence-corrected chi connectivity index (χ3v) is 5.75. The number of hydrogen-bond donors (Lipinski definition) is 2. The predicted molar refractivity (Wildman–Crippen MR) is 119 cm³/mol. The molecule has 1 aromatic heterocycles. The highest BCUT2D eigenvalue weighted by Crippen LogP contribution is 2.24. The molecule has 0 aliphatic carbocycles. The van der Waals surface area contributed by atoms with Gasteiger partial charge in [0.2, 0.25) is 0 Å². The van der Waals surface area contributed by atoms with Gasteiger partial charge in [-0.05, 0) is 37.3 Å². The second-order valence-corrected chi connectivity index (χ2v) is 8.36. The van der Waals surface area contributed by atoms with Crippen molar-refractivity contribution < 1.29 is 8.42 Å². The van der Waals surface area contributed by atoms with E-state index in [0.717, 1.165) is 11.3 Å². The Morgan fingerprint density at radius 2 is 1.40 bits per heavy atom. The topological polar surface area (TPSA) is 84.0 Å². The van der Waals surface area contributed by atoms with Crippen LogP contribution in [0.15, 0.2) is 95.9 Å². The lowest BCUT2D eigenvalue weighted by Gasteiger charge is -2.12. The Labute approximate surface area is 175 Å². The van der Waals surface area contributed by atoms with Gasteiger partial charge in [0.25, 0.3) is 10.0 Å². The van der Waals surface area contributed by atoms with Gasteiger partial charge in [-0.1, -0.05) is 54.6 Å². The lowest BCUT2D eigenvalue weighted by molar-refractivity contribution is 0.601. The number of nitrogens with one attached hydrogen (secondary N) is 2. The molecule has 0 bridgehead atoms. The summed E-state index contributed by atoms with van der Waals surface area (Å²) in [4.78, 5) is 9.16. The van der Waals surface area contributed by atoms with Crippen LogP contribution in [0.3, 0.4) is 0 Å². The van der Waals surface area contributed by atoms with Crippen molar-refractivity contribution in [1.29, 1.82) is 0 Å². The van der Waals surface area contributed by atoms with Gasteiger partial charge in [0.05, 0.1) is 16.3 Å². The molecule has 0 atom stereocenters. The molecule has 30 heavy (non-hydrogen) atoms. The Kier molecular flexibility index (Phi) is 5.45. The van der Waals surface area contributed by atoms with E-state index in [9.17, 15) is 8.42 Å². The Hall–Kier alpha value is -3.71. The van der Waals surface area contributed by atoms with Crippen molar-refractivity contribution in [1.82, 2.24) is 9.97 Å². The van der Waals surface area contributed by atoms with Crippen LogP contribution in [-0.4, -0.2) is 18.4 Å². The van der Waals surface area contributed by atoms with Crippen molar-refractivity contribution in [3.05, 3.63) is 96.8 Å². The molecule has 4 rings (SSSR count). The van der Waals surface area contributed by atoms with E-state index in [0.29, 0.717) is 23.0 Å². The lowest BCUT2D eigenvalue weighted by Crippen LogP contribution is -2.12. The molecule has 3 aromatic carbocycles. The molecule has 0 amide bonds. The molecule has 0 fully saturated rings. The van der Waals surface area contributed by atoms with Crippen LogP contribution >= 0.6 is 0 Å². The first-order valence-electron chi connectivity index (χ1n) is 9.36. The van der Waals surface area contributed by atoms with Gasteiger partial charge in [-0.2, -0.15) is 0 Å². The summed E-state index contributed by atoms with van der Waals surface area (Å²) in [5, 5.41) is 3.23. The van der Waals surface area contributed by atoms with Crippen LogP contribution in [0.4, 0.5) is 17.2 Å². The number of anilines is 3. The number of aryl methyl sites for hydroxylation is 1. The van der Waals surface area contributed by atoms with Crippen molar-refractivity contribution >= 4 is 27.2 Å². The number of nitrogens with zero attached hydrogens (tertiary/aromatic N) is 2. The summed E-state index contributed by atoms with van der Waals surface area (Å²) in [7, 11) is -3.66. The maximum atomic E-state index is 12.6. The molecule has 0 aliphatic rings. The smallest absolute Gasteiger partial charge is 0.261 e. The number of aromatic nitrogens is 2. The Balaban J connectivity index is 1.58. The molecule has 0 unspecified atom stereocenters. The molecule has 0 aliphatic heterocycles. The van der Waals surface area contributed by atoms with Crippen molar-refractivity contribution in [3.8, 4) is 11.3 Å². The first-order valence-corrected chi connectivity index (χ1v) is 10.8. The van der Waals surface area contributed by atoms with Crippen LogP contribution < -0.4 is 10.0 Å². The monoisotopic (exact) mass is 416 g/mol. The van der Waals surface area contributed by atoms with Gasteiger partial charge in [-0.15, -0.1) is 0 Å². The zero-order valence-electron chi connectivity index (χ0n) is 16.3. The number of benzene rings is 3. The fourth-order valence-electron chi connectivity index (χ4n) is 3.01. The molecular formula is C23H20N4O2S. The summed E-state index contributed by atoms with van der Waals surface area (Å²) in [5.41, 5.74) is 2.97. The molecule has 0 saturated carbocycles. The van der Waals surface area contributed by atoms with Gasteiger partial charge < -0.3 is 5.32 Å². The summed E-state index contributed by atoms with van der Waals surface area (Å²) in [6.45, 7) is 1.84. The average Bonchev–Trinajstić information content (AvgIpc) is 2.74. The second-order valence-electron chi connectivity index (χ2n) is 6.68. The molecular weight excluding hydrogens is 396 g/mol. The Morgan fingerprint density at radius 1 is 0.733 bits per heavy atom.